The van der Waals surface area contributed by atoms with Gasteiger partial charge in [-0.15, -0.1) is 0 Å². The van der Waals surface area contributed by atoms with Gasteiger partial charge in [0.25, 0.3) is 0 Å². The monoisotopic (exact) mass is 300 g/mol. The van der Waals surface area contributed by atoms with Gasteiger partial charge in [-0.25, -0.2) is 12.8 Å². The second-order valence-corrected chi connectivity index (χ2v) is 7.79. The predicted molar refractivity (Wildman–Crippen MR) is 77.5 cm³/mol. The number of nitrogens with two attached hydrogens (primary N) is 1. The van der Waals surface area contributed by atoms with E-state index in [9.17, 15) is 12.8 Å². The van der Waals surface area contributed by atoms with Gasteiger partial charge in [0.05, 0.1) is 11.5 Å². The average molecular weight is 300 g/mol. The fourth-order valence-electron chi connectivity index (χ4n) is 2.82. The molecule has 20 heavy (non-hydrogen) atoms. The Kier molecular flexibility index (Phi) is 4.46. The second-order valence-electron chi connectivity index (χ2n) is 5.61. The molecular weight excluding hydrogens is 279 g/mol. The van der Waals surface area contributed by atoms with Gasteiger partial charge in [-0.3, -0.25) is 4.90 Å². The van der Waals surface area contributed by atoms with Gasteiger partial charge in [-0.05, 0) is 37.6 Å². The molecule has 6 heteroatoms. The van der Waals surface area contributed by atoms with Crippen molar-refractivity contribution in [2.75, 3.05) is 25.1 Å². The third-order valence-electron chi connectivity index (χ3n) is 4.11. The van der Waals surface area contributed by atoms with Crippen LogP contribution in [0.25, 0.3) is 0 Å². The Morgan fingerprint density at radius 3 is 2.55 bits per heavy atom. The second kappa shape index (κ2) is 5.79. The third kappa shape index (κ3) is 3.37. The Hall–Kier alpha value is -0.980. The Morgan fingerprint density at radius 1 is 1.35 bits per heavy atom. The Bertz CT molecular complexity index is 559. The molecular formula is C14H21FN2O2S. The summed E-state index contributed by atoms with van der Waals surface area (Å²) < 4.78 is 36.7. The summed E-state index contributed by atoms with van der Waals surface area (Å²) in [5.74, 6) is 0.0815. The van der Waals surface area contributed by atoms with Gasteiger partial charge >= 0.3 is 0 Å². The summed E-state index contributed by atoms with van der Waals surface area (Å²) in [6, 6.07) is 6.26. The lowest BCUT2D eigenvalue weighted by Gasteiger charge is -2.43. The summed E-state index contributed by atoms with van der Waals surface area (Å²) >= 11 is 0. The average Bonchev–Trinajstić information content (AvgIpc) is 2.40. The first kappa shape index (κ1) is 15.4. The van der Waals surface area contributed by atoms with Crippen LogP contribution in [0.2, 0.25) is 0 Å². The molecule has 1 aliphatic heterocycles. The zero-order valence-corrected chi connectivity index (χ0v) is 12.5. The minimum Gasteiger partial charge on any atom is -0.329 e. The van der Waals surface area contributed by atoms with Crippen molar-refractivity contribution in [1.82, 2.24) is 4.90 Å². The zero-order chi connectivity index (χ0) is 14.8. The van der Waals surface area contributed by atoms with E-state index in [-0.39, 0.29) is 17.3 Å². The highest BCUT2D eigenvalue weighted by Gasteiger charge is 2.40. The highest BCUT2D eigenvalue weighted by molar-refractivity contribution is 7.91. The fourth-order valence-corrected chi connectivity index (χ4v) is 4.85. The summed E-state index contributed by atoms with van der Waals surface area (Å²) in [7, 11) is -1.14. The molecule has 1 saturated heterocycles. The van der Waals surface area contributed by atoms with Gasteiger partial charge in [-0.2, -0.15) is 0 Å². The van der Waals surface area contributed by atoms with E-state index in [1.165, 1.54) is 12.1 Å². The third-order valence-corrected chi connectivity index (χ3v) is 6.00. The largest absolute Gasteiger partial charge is 0.329 e. The lowest BCUT2D eigenvalue weighted by atomic mass is 9.93. The maximum Gasteiger partial charge on any atom is 0.152 e. The SMILES string of the molecule is CN(Cc1ccc(F)cc1)C1(CN)CCCS(=O)(=O)C1. The van der Waals surface area contributed by atoms with Crippen LogP contribution < -0.4 is 5.73 Å². The normalized spacial score (nSPS) is 25.8. The van der Waals surface area contributed by atoms with E-state index < -0.39 is 15.4 Å². The molecule has 0 saturated carbocycles. The van der Waals surface area contributed by atoms with Gasteiger partial charge in [0.15, 0.2) is 9.84 Å². The molecule has 1 unspecified atom stereocenters. The van der Waals surface area contributed by atoms with Crippen molar-refractivity contribution in [1.29, 1.82) is 0 Å². The van der Waals surface area contributed by atoms with Crippen LogP contribution in [-0.2, 0) is 16.4 Å². The molecule has 0 aromatic heterocycles. The van der Waals surface area contributed by atoms with Crippen LogP contribution in [0, 0.1) is 5.82 Å². The van der Waals surface area contributed by atoms with Gasteiger partial charge in [0.1, 0.15) is 5.82 Å². The molecule has 1 aliphatic rings. The molecule has 1 atom stereocenters. The molecule has 0 aliphatic carbocycles. The molecule has 1 aromatic carbocycles. The minimum absolute atomic E-state index is 0.105. The number of sulfone groups is 1. The molecule has 4 nitrogen and oxygen atoms in total. The number of hydrogen-bond donors (Lipinski definition) is 1. The van der Waals surface area contributed by atoms with Gasteiger partial charge < -0.3 is 5.73 Å². The summed E-state index contributed by atoms with van der Waals surface area (Å²) in [6.07, 6.45) is 1.42. The lowest BCUT2D eigenvalue weighted by molar-refractivity contribution is 0.124. The van der Waals surface area contributed by atoms with Crippen molar-refractivity contribution < 1.29 is 12.8 Å². The first-order chi connectivity index (χ1) is 9.37. The molecule has 0 amide bonds. The molecule has 0 radical (unpaired) electrons. The molecule has 1 heterocycles. The molecule has 1 fully saturated rings. The number of rotatable bonds is 4. The molecule has 0 bridgehead atoms. The van der Waals surface area contributed by atoms with E-state index in [0.29, 0.717) is 19.5 Å². The summed E-state index contributed by atoms with van der Waals surface area (Å²) in [5, 5.41) is 0. The smallest absolute Gasteiger partial charge is 0.152 e. The Morgan fingerprint density at radius 2 is 2.00 bits per heavy atom. The van der Waals surface area contributed by atoms with E-state index >= 15 is 0 Å². The molecule has 0 spiro atoms. The van der Waals surface area contributed by atoms with E-state index in [1.54, 1.807) is 12.1 Å². The first-order valence-electron chi connectivity index (χ1n) is 6.73. The first-order valence-corrected chi connectivity index (χ1v) is 8.55. The van der Waals surface area contributed by atoms with Crippen molar-refractivity contribution in [2.24, 2.45) is 5.73 Å². The van der Waals surface area contributed by atoms with Crippen LogP contribution in [0.15, 0.2) is 24.3 Å². The molecule has 2 rings (SSSR count). The van der Waals surface area contributed by atoms with Crippen molar-refractivity contribution in [3.8, 4) is 0 Å². The van der Waals surface area contributed by atoms with E-state index in [4.69, 9.17) is 5.73 Å². The molecule has 1 aromatic rings. The Balaban J connectivity index is 2.16. The van der Waals surface area contributed by atoms with Crippen molar-refractivity contribution in [3.63, 3.8) is 0 Å². The van der Waals surface area contributed by atoms with E-state index in [0.717, 1.165) is 12.0 Å². The molecule has 2 N–H and O–H groups in total. The van der Waals surface area contributed by atoms with Crippen LogP contribution in [0.1, 0.15) is 18.4 Å². The van der Waals surface area contributed by atoms with Crippen molar-refractivity contribution in [2.45, 2.75) is 24.9 Å². The zero-order valence-electron chi connectivity index (χ0n) is 11.7. The predicted octanol–water partition coefficient (Wildman–Crippen LogP) is 1.16. The van der Waals surface area contributed by atoms with Crippen molar-refractivity contribution in [3.05, 3.63) is 35.6 Å². The number of likely N-dealkylation sites (N-methyl/N-ethyl adjacent to an activating group) is 1. The van der Waals surface area contributed by atoms with Crippen LogP contribution in [-0.4, -0.2) is 44.0 Å². The maximum atomic E-state index is 12.9. The maximum absolute atomic E-state index is 12.9. The topological polar surface area (TPSA) is 63.4 Å². The summed E-state index contributed by atoms with van der Waals surface area (Å²) in [5.41, 5.74) is 6.31. The number of hydrogen-bond acceptors (Lipinski definition) is 4. The highest BCUT2D eigenvalue weighted by Crippen LogP contribution is 2.28. The molecule has 112 valence electrons. The van der Waals surface area contributed by atoms with Gasteiger partial charge in [0.2, 0.25) is 0 Å². The number of benzene rings is 1. The van der Waals surface area contributed by atoms with Gasteiger partial charge in [-0.1, -0.05) is 12.1 Å². The minimum atomic E-state index is -3.03. The van der Waals surface area contributed by atoms with E-state index in [1.807, 2.05) is 11.9 Å². The Labute approximate surface area is 119 Å². The summed E-state index contributed by atoms with van der Waals surface area (Å²) in [4.78, 5) is 2.00. The number of nitrogens with zero attached hydrogens (tertiary/aromatic N) is 1. The van der Waals surface area contributed by atoms with Gasteiger partial charge in [0, 0.05) is 18.6 Å². The van der Waals surface area contributed by atoms with Crippen molar-refractivity contribution >= 4 is 9.84 Å². The lowest BCUT2D eigenvalue weighted by Crippen LogP contribution is -2.58. The van der Waals surface area contributed by atoms with Crippen LogP contribution in [0.4, 0.5) is 4.39 Å². The van der Waals surface area contributed by atoms with E-state index in [2.05, 4.69) is 0 Å². The fraction of sp³-hybridized carbons (Fsp3) is 0.571. The quantitative estimate of drug-likeness (QED) is 0.906. The number of halogens is 1. The highest BCUT2D eigenvalue weighted by atomic mass is 32.2. The van der Waals surface area contributed by atoms with Crippen LogP contribution in [0.3, 0.4) is 0 Å². The van der Waals surface area contributed by atoms with Crippen LogP contribution in [0.5, 0.6) is 0 Å². The van der Waals surface area contributed by atoms with Crippen LogP contribution >= 0.6 is 0 Å². The summed E-state index contributed by atoms with van der Waals surface area (Å²) in [6.45, 7) is 0.872. The standard InChI is InChI=1S/C14H21FN2O2S/c1-17(9-12-3-5-13(15)6-4-12)14(10-16)7-2-8-20(18,19)11-14/h3-6H,2,7-11,16H2,1H3.